The molecule has 0 aliphatic heterocycles. The van der Waals surface area contributed by atoms with Crippen LogP contribution in [0, 0.1) is 0 Å². The molecule has 0 saturated carbocycles. The minimum Gasteiger partial charge on any atom is -0.493 e. The summed E-state index contributed by atoms with van der Waals surface area (Å²) < 4.78 is 16.4. The second-order valence-electron chi connectivity index (χ2n) is 5.01. The molecule has 0 aliphatic rings. The van der Waals surface area contributed by atoms with Crippen molar-refractivity contribution in [1.29, 1.82) is 0 Å². The van der Waals surface area contributed by atoms with Crippen molar-refractivity contribution in [3.63, 3.8) is 0 Å². The molecule has 0 radical (unpaired) electrons. The number of nitrogens with one attached hydrogen (secondary N) is 2. The molecule has 0 aliphatic carbocycles. The van der Waals surface area contributed by atoms with Crippen LogP contribution in [-0.4, -0.2) is 30.4 Å². The molecule has 2 N–H and O–H groups in total. The SMILES string of the molecule is CCOc1ccc(CNC(=S)Nc2ncccc2OC)cc1OCC. The largest absolute Gasteiger partial charge is 0.493 e. The average molecular weight is 361 g/mol. The highest BCUT2D eigenvalue weighted by atomic mass is 32.1. The highest BCUT2D eigenvalue weighted by molar-refractivity contribution is 7.80. The van der Waals surface area contributed by atoms with Gasteiger partial charge in [-0.2, -0.15) is 0 Å². The molecule has 134 valence electrons. The Kier molecular flexibility index (Phi) is 7.28. The van der Waals surface area contributed by atoms with Crippen molar-refractivity contribution in [2.45, 2.75) is 20.4 Å². The van der Waals surface area contributed by atoms with Gasteiger partial charge in [0.05, 0.1) is 20.3 Å². The molecule has 0 bridgehead atoms. The van der Waals surface area contributed by atoms with Gasteiger partial charge in [-0.15, -0.1) is 0 Å². The minimum absolute atomic E-state index is 0.462. The monoisotopic (exact) mass is 361 g/mol. The summed E-state index contributed by atoms with van der Waals surface area (Å²) in [7, 11) is 1.59. The van der Waals surface area contributed by atoms with Gasteiger partial charge in [0.15, 0.2) is 28.2 Å². The molecule has 6 nitrogen and oxygen atoms in total. The predicted molar refractivity (Wildman–Crippen MR) is 103 cm³/mol. The first-order valence-electron chi connectivity index (χ1n) is 8.10. The molecule has 1 heterocycles. The summed E-state index contributed by atoms with van der Waals surface area (Å²) in [6.45, 7) is 5.61. The van der Waals surface area contributed by atoms with Crippen molar-refractivity contribution in [3.8, 4) is 17.2 Å². The third-order valence-electron chi connectivity index (χ3n) is 3.28. The highest BCUT2D eigenvalue weighted by Crippen LogP contribution is 2.28. The van der Waals surface area contributed by atoms with E-state index in [-0.39, 0.29) is 0 Å². The Balaban J connectivity index is 1.98. The van der Waals surface area contributed by atoms with Crippen molar-refractivity contribution < 1.29 is 14.2 Å². The smallest absolute Gasteiger partial charge is 0.174 e. The van der Waals surface area contributed by atoms with Crippen molar-refractivity contribution in [2.75, 3.05) is 25.6 Å². The first-order chi connectivity index (χ1) is 12.2. The van der Waals surface area contributed by atoms with Gasteiger partial charge in [-0.3, -0.25) is 0 Å². The van der Waals surface area contributed by atoms with Gasteiger partial charge in [-0.1, -0.05) is 6.07 Å². The number of pyridine rings is 1. The summed E-state index contributed by atoms with van der Waals surface area (Å²) >= 11 is 5.32. The van der Waals surface area contributed by atoms with Crippen LogP contribution in [0.2, 0.25) is 0 Å². The fourth-order valence-electron chi connectivity index (χ4n) is 2.19. The number of rotatable bonds is 8. The van der Waals surface area contributed by atoms with E-state index >= 15 is 0 Å². The molecular formula is C18H23N3O3S. The maximum atomic E-state index is 5.64. The van der Waals surface area contributed by atoms with Gasteiger partial charge in [-0.05, 0) is 55.9 Å². The number of methoxy groups -OCH3 is 1. The van der Waals surface area contributed by atoms with Gasteiger partial charge >= 0.3 is 0 Å². The van der Waals surface area contributed by atoms with Crippen LogP contribution in [0.4, 0.5) is 5.82 Å². The number of aromatic nitrogens is 1. The molecule has 0 spiro atoms. The molecule has 1 aromatic carbocycles. The summed E-state index contributed by atoms with van der Waals surface area (Å²) in [5.74, 6) is 2.68. The lowest BCUT2D eigenvalue weighted by Crippen LogP contribution is -2.28. The van der Waals surface area contributed by atoms with E-state index in [4.69, 9.17) is 26.4 Å². The minimum atomic E-state index is 0.462. The Morgan fingerprint density at radius 1 is 1.08 bits per heavy atom. The summed E-state index contributed by atoms with van der Waals surface area (Å²) in [5.41, 5.74) is 1.03. The lowest BCUT2D eigenvalue weighted by atomic mass is 10.2. The van der Waals surface area contributed by atoms with Gasteiger partial charge in [0.1, 0.15) is 0 Å². The third kappa shape index (κ3) is 5.49. The van der Waals surface area contributed by atoms with Crippen LogP contribution in [0.1, 0.15) is 19.4 Å². The first-order valence-corrected chi connectivity index (χ1v) is 8.51. The van der Waals surface area contributed by atoms with Crippen molar-refractivity contribution >= 4 is 23.1 Å². The van der Waals surface area contributed by atoms with E-state index in [1.807, 2.05) is 38.1 Å². The lowest BCUT2D eigenvalue weighted by molar-refractivity contribution is 0.287. The van der Waals surface area contributed by atoms with Gasteiger partial charge in [0, 0.05) is 12.7 Å². The topological polar surface area (TPSA) is 64.6 Å². The molecule has 2 aromatic rings. The number of hydrogen-bond donors (Lipinski definition) is 2. The standard InChI is InChI=1S/C18H23N3O3S/c1-4-23-14-9-8-13(11-16(14)24-5-2)12-20-18(25)21-17-15(22-3)7-6-10-19-17/h6-11H,4-5,12H2,1-3H3,(H2,19,20,21,25). The summed E-state index contributed by atoms with van der Waals surface area (Å²) in [6, 6.07) is 9.45. The average Bonchev–Trinajstić information content (AvgIpc) is 2.62. The Labute approximate surface area is 153 Å². The number of hydrogen-bond acceptors (Lipinski definition) is 5. The van der Waals surface area contributed by atoms with E-state index in [0.29, 0.717) is 36.4 Å². The van der Waals surface area contributed by atoms with Crippen molar-refractivity contribution in [2.24, 2.45) is 0 Å². The van der Waals surface area contributed by atoms with E-state index in [2.05, 4.69) is 15.6 Å². The van der Waals surface area contributed by atoms with Crippen molar-refractivity contribution in [1.82, 2.24) is 10.3 Å². The molecule has 2 rings (SSSR count). The molecular weight excluding hydrogens is 338 g/mol. The van der Waals surface area contributed by atoms with Crippen LogP contribution < -0.4 is 24.8 Å². The molecule has 25 heavy (non-hydrogen) atoms. The Bertz CT molecular complexity index is 710. The van der Waals surface area contributed by atoms with Gasteiger partial charge in [0.25, 0.3) is 0 Å². The van der Waals surface area contributed by atoms with Crippen LogP contribution in [0.15, 0.2) is 36.5 Å². The zero-order valence-electron chi connectivity index (χ0n) is 14.7. The zero-order valence-corrected chi connectivity index (χ0v) is 15.5. The molecule has 0 saturated heterocycles. The number of ether oxygens (including phenoxy) is 3. The Hall–Kier alpha value is -2.54. The summed E-state index contributed by atoms with van der Waals surface area (Å²) in [4.78, 5) is 4.21. The summed E-state index contributed by atoms with van der Waals surface area (Å²) in [5, 5.41) is 6.64. The molecule has 0 atom stereocenters. The van der Waals surface area contributed by atoms with Crippen LogP contribution >= 0.6 is 12.2 Å². The Morgan fingerprint density at radius 3 is 2.56 bits per heavy atom. The Morgan fingerprint density at radius 2 is 1.84 bits per heavy atom. The van der Waals surface area contributed by atoms with E-state index < -0.39 is 0 Å². The number of thiocarbonyl (C=S) groups is 1. The first kappa shape index (κ1) is 18.8. The van der Waals surface area contributed by atoms with Crippen LogP contribution in [0.3, 0.4) is 0 Å². The maximum Gasteiger partial charge on any atom is 0.174 e. The predicted octanol–water partition coefficient (Wildman–Crippen LogP) is 3.37. The highest BCUT2D eigenvalue weighted by Gasteiger charge is 2.08. The molecule has 1 aromatic heterocycles. The number of nitrogens with zero attached hydrogens (tertiary/aromatic N) is 1. The number of anilines is 1. The number of benzene rings is 1. The lowest BCUT2D eigenvalue weighted by Gasteiger charge is -2.14. The fourth-order valence-corrected chi connectivity index (χ4v) is 2.36. The zero-order chi connectivity index (χ0) is 18.1. The van der Waals surface area contributed by atoms with Crippen LogP contribution in [-0.2, 0) is 6.54 Å². The van der Waals surface area contributed by atoms with Crippen molar-refractivity contribution in [3.05, 3.63) is 42.1 Å². The molecule has 0 fully saturated rings. The van der Waals surface area contributed by atoms with E-state index in [0.717, 1.165) is 17.1 Å². The third-order valence-corrected chi connectivity index (χ3v) is 3.53. The van der Waals surface area contributed by atoms with Gasteiger partial charge in [-0.25, -0.2) is 4.98 Å². The quantitative estimate of drug-likeness (QED) is 0.699. The summed E-state index contributed by atoms with van der Waals surface area (Å²) in [6.07, 6.45) is 1.67. The second kappa shape index (κ2) is 9.68. The van der Waals surface area contributed by atoms with E-state index in [9.17, 15) is 0 Å². The molecule has 0 unspecified atom stereocenters. The second-order valence-corrected chi connectivity index (χ2v) is 5.42. The van der Waals surface area contributed by atoms with Crippen LogP contribution in [0.5, 0.6) is 17.2 Å². The van der Waals surface area contributed by atoms with E-state index in [1.54, 1.807) is 19.4 Å². The van der Waals surface area contributed by atoms with E-state index in [1.165, 1.54) is 0 Å². The van der Waals surface area contributed by atoms with Crippen LogP contribution in [0.25, 0.3) is 0 Å². The molecule has 0 amide bonds. The normalized spacial score (nSPS) is 10.0. The van der Waals surface area contributed by atoms with Gasteiger partial charge < -0.3 is 24.8 Å². The van der Waals surface area contributed by atoms with Gasteiger partial charge in [0.2, 0.25) is 0 Å². The fraction of sp³-hybridized carbons (Fsp3) is 0.333. The molecule has 7 heteroatoms. The maximum absolute atomic E-state index is 5.64.